The van der Waals surface area contributed by atoms with E-state index in [1.54, 1.807) is 0 Å². The molecule has 3 nitrogen and oxygen atoms in total. The molecule has 0 fully saturated rings. The van der Waals surface area contributed by atoms with Crippen molar-refractivity contribution < 1.29 is 4.79 Å². The lowest BCUT2D eigenvalue weighted by molar-refractivity contribution is 0.254. The number of carbonyl (C=O) groups excluding carboxylic acids is 1. The molecule has 0 aliphatic heterocycles. The second-order valence-corrected chi connectivity index (χ2v) is 4.49. The summed E-state index contributed by atoms with van der Waals surface area (Å²) in [6, 6.07) is 7.91. The first-order valence-electron chi connectivity index (χ1n) is 4.53. The van der Waals surface area contributed by atoms with Gasteiger partial charge in [-0.15, -0.1) is 0 Å². The van der Waals surface area contributed by atoms with Crippen LogP contribution in [0.4, 0.5) is 4.79 Å². The summed E-state index contributed by atoms with van der Waals surface area (Å²) in [5.74, 6) is 0. The van der Waals surface area contributed by atoms with E-state index in [9.17, 15) is 4.79 Å². The molecule has 0 atom stereocenters. The van der Waals surface area contributed by atoms with E-state index in [0.717, 1.165) is 12.8 Å². The fourth-order valence-corrected chi connectivity index (χ4v) is 2.55. The van der Waals surface area contributed by atoms with Gasteiger partial charge < -0.3 is 5.73 Å². The van der Waals surface area contributed by atoms with E-state index in [1.807, 2.05) is 12.1 Å². The van der Waals surface area contributed by atoms with Crippen molar-refractivity contribution in [3.05, 3.63) is 35.4 Å². The molecule has 4 heteroatoms. The van der Waals surface area contributed by atoms with Crippen LogP contribution in [0.5, 0.6) is 0 Å². The predicted octanol–water partition coefficient (Wildman–Crippen LogP) is 1.47. The number of carbonyl (C=O) groups is 1. The van der Waals surface area contributed by atoms with E-state index < -0.39 is 6.03 Å². The molecule has 0 radical (unpaired) electrons. The Labute approximate surface area is 87.2 Å². The van der Waals surface area contributed by atoms with Crippen molar-refractivity contribution in [1.82, 2.24) is 4.72 Å². The average molecular weight is 208 g/mol. The standard InChI is InChI=1S/C10H12N2OS/c11-10(13)12-14-9-5-7-3-1-2-4-8(7)6-9/h1-4,9H,5-6H2,(H3,11,12,13). The van der Waals surface area contributed by atoms with Gasteiger partial charge in [0, 0.05) is 5.25 Å². The summed E-state index contributed by atoms with van der Waals surface area (Å²) in [4.78, 5) is 10.5. The Hall–Kier alpha value is -1.16. The molecule has 2 amide bonds. The van der Waals surface area contributed by atoms with Crippen LogP contribution in [0.25, 0.3) is 0 Å². The number of nitrogens with two attached hydrogens (primary N) is 1. The van der Waals surface area contributed by atoms with E-state index >= 15 is 0 Å². The third-order valence-corrected chi connectivity index (χ3v) is 3.33. The molecular formula is C10H12N2OS. The summed E-state index contributed by atoms with van der Waals surface area (Å²) in [5.41, 5.74) is 7.78. The maximum absolute atomic E-state index is 10.5. The smallest absolute Gasteiger partial charge is 0.322 e. The highest BCUT2D eigenvalue weighted by Gasteiger charge is 2.21. The van der Waals surface area contributed by atoms with Crippen molar-refractivity contribution in [3.63, 3.8) is 0 Å². The fourth-order valence-electron chi connectivity index (χ4n) is 1.74. The normalized spacial score (nSPS) is 15.1. The van der Waals surface area contributed by atoms with Gasteiger partial charge >= 0.3 is 6.03 Å². The molecule has 1 aromatic rings. The van der Waals surface area contributed by atoms with Crippen LogP contribution in [-0.2, 0) is 12.8 Å². The van der Waals surface area contributed by atoms with E-state index in [-0.39, 0.29) is 0 Å². The zero-order valence-electron chi connectivity index (χ0n) is 7.69. The highest BCUT2D eigenvalue weighted by atomic mass is 32.2. The lowest BCUT2D eigenvalue weighted by atomic mass is 10.1. The van der Waals surface area contributed by atoms with Gasteiger partial charge in [-0.25, -0.2) is 4.79 Å². The van der Waals surface area contributed by atoms with Crippen LogP contribution in [-0.4, -0.2) is 11.3 Å². The molecule has 1 aliphatic carbocycles. The third kappa shape index (κ3) is 2.01. The number of hydrogen-bond acceptors (Lipinski definition) is 2. The van der Waals surface area contributed by atoms with Gasteiger partial charge in [-0.2, -0.15) is 0 Å². The summed E-state index contributed by atoms with van der Waals surface area (Å²) >= 11 is 1.42. The second kappa shape index (κ2) is 3.92. The van der Waals surface area contributed by atoms with Crippen molar-refractivity contribution in [1.29, 1.82) is 0 Å². The minimum absolute atomic E-state index is 0.430. The zero-order valence-corrected chi connectivity index (χ0v) is 8.51. The summed E-state index contributed by atoms with van der Waals surface area (Å²) < 4.78 is 2.58. The second-order valence-electron chi connectivity index (χ2n) is 3.38. The zero-order chi connectivity index (χ0) is 9.97. The molecule has 1 aliphatic rings. The van der Waals surface area contributed by atoms with Gasteiger partial charge in [-0.3, -0.25) is 4.72 Å². The molecule has 1 aromatic carbocycles. The number of urea groups is 1. The van der Waals surface area contributed by atoms with Gasteiger partial charge in [0.25, 0.3) is 0 Å². The SMILES string of the molecule is NC(=O)NSC1Cc2ccccc2C1. The minimum atomic E-state index is -0.467. The van der Waals surface area contributed by atoms with Crippen LogP contribution >= 0.6 is 11.9 Å². The molecule has 0 aromatic heterocycles. The number of benzene rings is 1. The van der Waals surface area contributed by atoms with Crippen LogP contribution in [0.2, 0.25) is 0 Å². The fraction of sp³-hybridized carbons (Fsp3) is 0.300. The van der Waals surface area contributed by atoms with Gasteiger partial charge in [0.2, 0.25) is 0 Å². The topological polar surface area (TPSA) is 55.1 Å². The number of rotatable bonds is 2. The molecule has 2 rings (SSSR count). The Morgan fingerprint density at radius 1 is 1.36 bits per heavy atom. The minimum Gasteiger partial charge on any atom is -0.351 e. The van der Waals surface area contributed by atoms with E-state index in [1.165, 1.54) is 23.1 Å². The number of amides is 2. The molecular weight excluding hydrogens is 196 g/mol. The Balaban J connectivity index is 1.95. The number of primary amides is 1. The molecule has 14 heavy (non-hydrogen) atoms. The van der Waals surface area contributed by atoms with Crippen LogP contribution in [0, 0.1) is 0 Å². The molecule has 0 saturated heterocycles. The van der Waals surface area contributed by atoms with E-state index in [2.05, 4.69) is 16.9 Å². The van der Waals surface area contributed by atoms with E-state index in [4.69, 9.17) is 5.73 Å². The van der Waals surface area contributed by atoms with Crippen LogP contribution in [0.1, 0.15) is 11.1 Å². The van der Waals surface area contributed by atoms with E-state index in [0.29, 0.717) is 5.25 Å². The Morgan fingerprint density at radius 2 is 1.93 bits per heavy atom. The molecule has 74 valence electrons. The van der Waals surface area contributed by atoms with Gasteiger partial charge in [0.15, 0.2) is 0 Å². The molecule has 0 saturated carbocycles. The number of hydrogen-bond donors (Lipinski definition) is 2. The van der Waals surface area contributed by atoms with Crippen LogP contribution in [0.3, 0.4) is 0 Å². The average Bonchev–Trinajstić information content (AvgIpc) is 2.57. The van der Waals surface area contributed by atoms with Crippen LogP contribution < -0.4 is 10.5 Å². The molecule has 3 N–H and O–H groups in total. The summed E-state index contributed by atoms with van der Waals surface area (Å²) in [5, 5.41) is 0.430. The largest absolute Gasteiger partial charge is 0.351 e. The van der Waals surface area contributed by atoms with Crippen molar-refractivity contribution >= 4 is 18.0 Å². The van der Waals surface area contributed by atoms with Crippen molar-refractivity contribution in [2.24, 2.45) is 5.73 Å². The van der Waals surface area contributed by atoms with Gasteiger partial charge in [-0.1, -0.05) is 24.3 Å². The first kappa shape index (κ1) is 9.40. The maximum Gasteiger partial charge on any atom is 0.322 e. The number of fused-ring (bicyclic) bond motifs is 1. The Morgan fingerprint density at radius 3 is 2.43 bits per heavy atom. The van der Waals surface area contributed by atoms with Crippen LogP contribution in [0.15, 0.2) is 24.3 Å². The maximum atomic E-state index is 10.5. The molecule has 0 bridgehead atoms. The van der Waals surface area contributed by atoms with Crippen molar-refractivity contribution in [3.8, 4) is 0 Å². The molecule has 0 heterocycles. The highest BCUT2D eigenvalue weighted by Crippen LogP contribution is 2.28. The quantitative estimate of drug-likeness (QED) is 0.723. The summed E-state index contributed by atoms with van der Waals surface area (Å²) in [6.07, 6.45) is 2.03. The lowest BCUT2D eigenvalue weighted by Crippen LogP contribution is -2.25. The first-order chi connectivity index (χ1) is 6.75. The Kier molecular flexibility index (Phi) is 2.63. The van der Waals surface area contributed by atoms with Gasteiger partial charge in [0.1, 0.15) is 0 Å². The summed E-state index contributed by atoms with van der Waals surface area (Å²) in [7, 11) is 0. The lowest BCUT2D eigenvalue weighted by Gasteiger charge is -2.06. The number of nitrogens with one attached hydrogen (secondary N) is 1. The van der Waals surface area contributed by atoms with Crippen molar-refractivity contribution in [2.45, 2.75) is 18.1 Å². The monoisotopic (exact) mass is 208 g/mol. The Bertz CT molecular complexity index is 329. The van der Waals surface area contributed by atoms with Crippen molar-refractivity contribution in [2.75, 3.05) is 0 Å². The first-order valence-corrected chi connectivity index (χ1v) is 5.41. The van der Waals surface area contributed by atoms with Gasteiger partial charge in [0.05, 0.1) is 0 Å². The predicted molar refractivity (Wildman–Crippen MR) is 57.9 cm³/mol. The van der Waals surface area contributed by atoms with Gasteiger partial charge in [-0.05, 0) is 35.9 Å². The highest BCUT2D eigenvalue weighted by molar-refractivity contribution is 7.98. The molecule has 0 unspecified atom stereocenters. The third-order valence-electron chi connectivity index (χ3n) is 2.34. The molecule has 0 spiro atoms. The summed E-state index contributed by atoms with van der Waals surface area (Å²) in [6.45, 7) is 0.